The Hall–Kier alpha value is -2.38. The summed E-state index contributed by atoms with van der Waals surface area (Å²) in [5.41, 5.74) is 0.950. The zero-order valence-electron chi connectivity index (χ0n) is 16.0. The first-order valence-electron chi connectivity index (χ1n) is 8.76. The summed E-state index contributed by atoms with van der Waals surface area (Å²) in [6, 6.07) is 14.4. The first kappa shape index (κ1) is 20.9. The number of nitrogens with one attached hydrogen (secondary N) is 2. The topological polar surface area (TPSA) is 84.5 Å². The number of rotatable bonds is 8. The van der Waals surface area contributed by atoms with Gasteiger partial charge in [0.15, 0.2) is 0 Å². The summed E-state index contributed by atoms with van der Waals surface area (Å²) in [6.45, 7) is 5.46. The molecule has 0 aromatic heterocycles. The van der Waals surface area contributed by atoms with Crippen LogP contribution >= 0.6 is 0 Å². The van der Waals surface area contributed by atoms with Crippen LogP contribution in [-0.2, 0) is 14.8 Å². The molecule has 0 saturated carbocycles. The summed E-state index contributed by atoms with van der Waals surface area (Å²) in [7, 11) is -2.33. The van der Waals surface area contributed by atoms with Crippen molar-refractivity contribution in [2.75, 3.05) is 7.11 Å². The van der Waals surface area contributed by atoms with Crippen LogP contribution in [-0.4, -0.2) is 27.5 Å². The van der Waals surface area contributed by atoms with Gasteiger partial charge < -0.3 is 10.1 Å². The molecule has 6 nitrogen and oxygen atoms in total. The third-order valence-corrected chi connectivity index (χ3v) is 5.72. The predicted octanol–water partition coefficient (Wildman–Crippen LogP) is 2.88. The molecule has 2 unspecified atom stereocenters. The van der Waals surface area contributed by atoms with Gasteiger partial charge in [-0.05, 0) is 42.7 Å². The molecule has 0 fully saturated rings. The Kier molecular flexibility index (Phi) is 6.98. The highest BCUT2D eigenvalue weighted by molar-refractivity contribution is 7.89. The summed E-state index contributed by atoms with van der Waals surface area (Å²) < 4.78 is 32.9. The number of hydrogen-bond donors (Lipinski definition) is 2. The van der Waals surface area contributed by atoms with Crippen LogP contribution in [0.4, 0.5) is 0 Å². The van der Waals surface area contributed by atoms with E-state index in [2.05, 4.69) is 10.0 Å². The average Bonchev–Trinajstić information content (AvgIpc) is 2.66. The average molecular weight is 391 g/mol. The van der Waals surface area contributed by atoms with Crippen molar-refractivity contribution in [3.63, 3.8) is 0 Å². The fourth-order valence-corrected chi connectivity index (χ4v) is 3.95. The molecule has 2 atom stereocenters. The van der Waals surface area contributed by atoms with Crippen molar-refractivity contribution >= 4 is 15.9 Å². The maximum atomic E-state index is 12.7. The zero-order valence-corrected chi connectivity index (χ0v) is 16.8. The van der Waals surface area contributed by atoms with Crippen molar-refractivity contribution in [2.45, 2.75) is 37.8 Å². The Bertz CT molecular complexity index is 849. The Labute approximate surface area is 161 Å². The number of hydrogen-bond acceptors (Lipinski definition) is 4. The highest BCUT2D eigenvalue weighted by atomic mass is 32.2. The fourth-order valence-electron chi connectivity index (χ4n) is 2.61. The maximum absolute atomic E-state index is 12.7. The van der Waals surface area contributed by atoms with Crippen molar-refractivity contribution in [1.29, 1.82) is 0 Å². The molecular formula is C20H26N2O4S. The number of sulfonamides is 1. The fraction of sp³-hybridized carbons (Fsp3) is 0.350. The van der Waals surface area contributed by atoms with Crippen LogP contribution in [0.25, 0.3) is 0 Å². The zero-order chi connectivity index (χ0) is 20.0. The number of amides is 1. The predicted molar refractivity (Wildman–Crippen MR) is 105 cm³/mol. The Morgan fingerprint density at radius 3 is 2.07 bits per heavy atom. The summed E-state index contributed by atoms with van der Waals surface area (Å²) >= 11 is 0. The van der Waals surface area contributed by atoms with Crippen molar-refractivity contribution in [3.8, 4) is 5.75 Å². The van der Waals surface area contributed by atoms with Gasteiger partial charge in [-0.25, -0.2) is 8.42 Å². The Balaban J connectivity index is 2.14. The number of carbonyl (C=O) groups excluding carboxylic acids is 1. The third-order valence-electron chi connectivity index (χ3n) is 4.26. The van der Waals surface area contributed by atoms with E-state index in [0.29, 0.717) is 5.75 Å². The molecule has 7 heteroatoms. The lowest BCUT2D eigenvalue weighted by atomic mass is 10.0. The molecule has 2 aromatic rings. The summed E-state index contributed by atoms with van der Waals surface area (Å²) in [4.78, 5) is 12.8. The number of benzene rings is 2. The first-order chi connectivity index (χ1) is 12.7. The molecule has 0 saturated heterocycles. The summed E-state index contributed by atoms with van der Waals surface area (Å²) in [5, 5.41) is 2.88. The molecular weight excluding hydrogens is 364 g/mol. The molecule has 0 aliphatic heterocycles. The van der Waals surface area contributed by atoms with Crippen LogP contribution < -0.4 is 14.8 Å². The van der Waals surface area contributed by atoms with Gasteiger partial charge in [-0.1, -0.05) is 44.2 Å². The minimum atomic E-state index is -3.84. The first-order valence-corrected chi connectivity index (χ1v) is 10.2. The Morgan fingerprint density at radius 1 is 0.963 bits per heavy atom. The van der Waals surface area contributed by atoms with Gasteiger partial charge in [-0.2, -0.15) is 4.72 Å². The second-order valence-electron chi connectivity index (χ2n) is 6.66. The van der Waals surface area contributed by atoms with E-state index in [1.165, 1.54) is 19.2 Å². The highest BCUT2D eigenvalue weighted by Gasteiger charge is 2.29. The van der Waals surface area contributed by atoms with E-state index < -0.39 is 16.1 Å². The highest BCUT2D eigenvalue weighted by Crippen LogP contribution is 2.18. The van der Waals surface area contributed by atoms with Crippen LogP contribution in [0, 0.1) is 5.92 Å². The van der Waals surface area contributed by atoms with Crippen LogP contribution in [0.15, 0.2) is 59.5 Å². The summed E-state index contributed by atoms with van der Waals surface area (Å²) in [6.07, 6.45) is 0. The molecule has 146 valence electrons. The van der Waals surface area contributed by atoms with Gasteiger partial charge in [0, 0.05) is 0 Å². The van der Waals surface area contributed by atoms with Gasteiger partial charge in [0.2, 0.25) is 15.9 Å². The van der Waals surface area contributed by atoms with Gasteiger partial charge in [0.1, 0.15) is 11.8 Å². The van der Waals surface area contributed by atoms with E-state index in [0.717, 1.165) is 5.56 Å². The molecule has 27 heavy (non-hydrogen) atoms. The van der Waals surface area contributed by atoms with E-state index in [4.69, 9.17) is 4.74 Å². The molecule has 1 amide bonds. The standard InChI is InChI=1S/C20H26N2O4S/c1-14(2)19(20(23)21-15(3)16-8-6-5-7-9-16)22-27(24,25)18-12-10-17(26-4)11-13-18/h5-15,19,22H,1-4H3,(H,21,23). The van der Waals surface area contributed by atoms with Crippen molar-refractivity contribution in [3.05, 3.63) is 60.2 Å². The number of carbonyl (C=O) groups is 1. The summed E-state index contributed by atoms with van der Waals surface area (Å²) in [5.74, 6) is -0.0248. The van der Waals surface area contributed by atoms with Gasteiger partial charge in [0.05, 0.1) is 18.0 Å². The quantitative estimate of drug-likeness (QED) is 0.726. The van der Waals surface area contributed by atoms with E-state index in [9.17, 15) is 13.2 Å². The molecule has 0 spiro atoms. The lowest BCUT2D eigenvalue weighted by molar-refractivity contribution is -0.124. The van der Waals surface area contributed by atoms with E-state index in [1.807, 2.05) is 37.3 Å². The monoisotopic (exact) mass is 390 g/mol. The number of ether oxygens (including phenoxy) is 1. The van der Waals surface area contributed by atoms with E-state index in [-0.39, 0.29) is 22.8 Å². The van der Waals surface area contributed by atoms with E-state index in [1.54, 1.807) is 26.0 Å². The molecule has 0 bridgehead atoms. The molecule has 2 aromatic carbocycles. The smallest absolute Gasteiger partial charge is 0.241 e. The van der Waals surface area contributed by atoms with Crippen LogP contribution in [0.1, 0.15) is 32.4 Å². The van der Waals surface area contributed by atoms with Crippen LogP contribution in [0.2, 0.25) is 0 Å². The van der Waals surface area contributed by atoms with Crippen molar-refractivity contribution in [1.82, 2.24) is 10.0 Å². The second-order valence-corrected chi connectivity index (χ2v) is 8.37. The molecule has 0 heterocycles. The van der Waals surface area contributed by atoms with E-state index >= 15 is 0 Å². The van der Waals surface area contributed by atoms with Crippen LogP contribution in [0.5, 0.6) is 5.75 Å². The number of methoxy groups -OCH3 is 1. The minimum Gasteiger partial charge on any atom is -0.497 e. The van der Waals surface area contributed by atoms with Crippen molar-refractivity contribution < 1.29 is 17.9 Å². The van der Waals surface area contributed by atoms with Crippen molar-refractivity contribution in [2.24, 2.45) is 5.92 Å². The molecule has 0 aliphatic carbocycles. The van der Waals surface area contributed by atoms with Gasteiger partial charge >= 0.3 is 0 Å². The molecule has 2 N–H and O–H groups in total. The van der Waals surface area contributed by atoms with Crippen LogP contribution in [0.3, 0.4) is 0 Å². The lowest BCUT2D eigenvalue weighted by Crippen LogP contribution is -2.50. The van der Waals surface area contributed by atoms with Gasteiger partial charge in [0.25, 0.3) is 0 Å². The molecule has 0 aliphatic rings. The lowest BCUT2D eigenvalue weighted by Gasteiger charge is -2.24. The maximum Gasteiger partial charge on any atom is 0.241 e. The largest absolute Gasteiger partial charge is 0.497 e. The SMILES string of the molecule is COc1ccc(S(=O)(=O)NC(C(=O)NC(C)c2ccccc2)C(C)C)cc1. The minimum absolute atomic E-state index is 0.0813. The second kappa shape index (κ2) is 9.01. The van der Waals surface area contributed by atoms with Gasteiger partial charge in [-0.3, -0.25) is 4.79 Å². The van der Waals surface area contributed by atoms with Gasteiger partial charge in [-0.15, -0.1) is 0 Å². The molecule has 2 rings (SSSR count). The normalized spacial score (nSPS) is 13.8. The molecule has 0 radical (unpaired) electrons. The third kappa shape index (κ3) is 5.55. The Morgan fingerprint density at radius 2 is 1.56 bits per heavy atom.